The first-order valence-electron chi connectivity index (χ1n) is 0.899. The third-order valence-electron chi connectivity index (χ3n) is 0. The predicted octanol–water partition coefficient (Wildman–Crippen LogP) is -0.0468. The van der Waals surface area contributed by atoms with Gasteiger partial charge in [0.2, 0.25) is 0 Å². The van der Waals surface area contributed by atoms with Crippen LogP contribution in [0.25, 0.3) is 0 Å². The molecule has 0 aliphatic carbocycles. The normalized spacial score (nSPS) is 9.83. The average molecular weight is 154 g/mol. The number of hydrogen-bond donors (Lipinski definition) is 2. The maximum Gasteiger partial charge on any atom is 0.179 e. The minimum Gasteiger partial charge on any atom is -0.347 e. The molecular formula is CH4CoO3P-. The molecule has 0 aliphatic rings. The average Bonchev–Trinajstić information content (AvgIpc) is 0.722. The van der Waals surface area contributed by atoms with Gasteiger partial charge in [0, 0.05) is 16.8 Å². The summed E-state index contributed by atoms with van der Waals surface area (Å²) in [6.07, 6.45) is 0. The van der Waals surface area contributed by atoms with Crippen LogP contribution in [0.1, 0.15) is 0 Å². The summed E-state index contributed by atoms with van der Waals surface area (Å²) < 4.78 is 9.22. The fourth-order valence-corrected chi connectivity index (χ4v) is 0. The molecule has 0 amide bonds. The Bertz CT molecular complexity index is 56.9. The van der Waals surface area contributed by atoms with Gasteiger partial charge in [0.05, 0.1) is 0 Å². The Morgan fingerprint density at radius 2 is 1.50 bits per heavy atom. The maximum absolute atomic E-state index is 9.22. The van der Waals surface area contributed by atoms with Crippen LogP contribution in [0.2, 0.25) is 0 Å². The molecule has 0 rings (SSSR count). The van der Waals surface area contributed by atoms with Crippen molar-refractivity contribution >= 4 is 7.60 Å². The maximum atomic E-state index is 9.22. The molecular weight excluding hydrogens is 150 g/mol. The van der Waals surface area contributed by atoms with Crippen molar-refractivity contribution in [3.05, 3.63) is 6.66 Å². The summed E-state index contributed by atoms with van der Waals surface area (Å²) in [7, 11) is -3.89. The first-order valence-corrected chi connectivity index (χ1v) is 2.70. The second-order valence-corrected chi connectivity index (χ2v) is 1.99. The van der Waals surface area contributed by atoms with Crippen LogP contribution in [-0.4, -0.2) is 9.79 Å². The van der Waals surface area contributed by atoms with E-state index in [1.54, 1.807) is 0 Å². The molecule has 0 aromatic heterocycles. The van der Waals surface area contributed by atoms with Gasteiger partial charge >= 0.3 is 0 Å². The van der Waals surface area contributed by atoms with Gasteiger partial charge in [-0.3, -0.25) is 4.57 Å². The van der Waals surface area contributed by atoms with Gasteiger partial charge in [-0.15, -0.1) is 0 Å². The zero-order valence-corrected chi connectivity index (χ0v) is 4.73. The summed E-state index contributed by atoms with van der Waals surface area (Å²) in [6.45, 7) is 2.44. The van der Waals surface area contributed by atoms with Crippen LogP contribution in [0.5, 0.6) is 0 Å². The number of rotatable bonds is 0. The minimum atomic E-state index is -3.89. The molecule has 0 unspecified atom stereocenters. The van der Waals surface area contributed by atoms with Crippen molar-refractivity contribution in [3.63, 3.8) is 0 Å². The Labute approximate surface area is 46.1 Å². The van der Waals surface area contributed by atoms with Gasteiger partial charge in [0.15, 0.2) is 7.60 Å². The molecule has 5 heteroatoms. The molecule has 6 heavy (non-hydrogen) atoms. The van der Waals surface area contributed by atoms with Gasteiger partial charge in [-0.05, 0) is 0 Å². The molecule has 1 radical (unpaired) electrons. The van der Waals surface area contributed by atoms with Crippen LogP contribution >= 0.6 is 7.60 Å². The summed E-state index contributed by atoms with van der Waals surface area (Å²) in [5.41, 5.74) is 0. The molecule has 0 heterocycles. The smallest absolute Gasteiger partial charge is 0.179 e. The van der Waals surface area contributed by atoms with Gasteiger partial charge in [-0.2, -0.15) is 0 Å². The summed E-state index contributed by atoms with van der Waals surface area (Å²) in [4.78, 5) is 15.0. The predicted molar refractivity (Wildman–Crippen MR) is 17.4 cm³/mol. The molecule has 2 N–H and O–H groups in total. The van der Waals surface area contributed by atoms with E-state index in [0.717, 1.165) is 0 Å². The Hall–Kier alpha value is 0.656. The quantitative estimate of drug-likeness (QED) is 0.380. The molecule has 41 valence electrons. The van der Waals surface area contributed by atoms with Crippen molar-refractivity contribution in [2.75, 3.05) is 0 Å². The van der Waals surface area contributed by atoms with E-state index in [2.05, 4.69) is 6.66 Å². The van der Waals surface area contributed by atoms with E-state index < -0.39 is 7.60 Å². The van der Waals surface area contributed by atoms with Gasteiger partial charge in [0.1, 0.15) is 0 Å². The van der Waals surface area contributed by atoms with E-state index >= 15 is 0 Å². The van der Waals surface area contributed by atoms with E-state index in [1.165, 1.54) is 0 Å². The largest absolute Gasteiger partial charge is 0.347 e. The van der Waals surface area contributed by atoms with E-state index in [-0.39, 0.29) is 16.8 Å². The summed E-state index contributed by atoms with van der Waals surface area (Å²) in [5, 5.41) is 0. The van der Waals surface area contributed by atoms with Gasteiger partial charge in [0.25, 0.3) is 0 Å². The van der Waals surface area contributed by atoms with E-state index in [1.807, 2.05) is 0 Å². The molecule has 0 fully saturated rings. The molecule has 0 aliphatic heterocycles. The second-order valence-electron chi connectivity index (χ2n) is 0.665. The van der Waals surface area contributed by atoms with Gasteiger partial charge < -0.3 is 9.79 Å². The van der Waals surface area contributed by atoms with Gasteiger partial charge in [-0.25, -0.2) is 6.66 Å². The molecule has 0 saturated heterocycles. The Morgan fingerprint density at radius 1 is 1.50 bits per heavy atom. The van der Waals surface area contributed by atoms with Crippen molar-refractivity contribution in [3.8, 4) is 0 Å². The van der Waals surface area contributed by atoms with Crippen LogP contribution < -0.4 is 0 Å². The first-order chi connectivity index (χ1) is 2.00. The van der Waals surface area contributed by atoms with Crippen LogP contribution in [0.3, 0.4) is 0 Å². The summed E-state index contributed by atoms with van der Waals surface area (Å²) >= 11 is 0. The molecule has 0 atom stereocenters. The first kappa shape index (κ1) is 9.82. The molecule has 0 aromatic rings. The van der Waals surface area contributed by atoms with E-state index in [0.29, 0.717) is 0 Å². The zero-order chi connectivity index (χ0) is 4.50. The minimum absolute atomic E-state index is 0. The third kappa shape index (κ3) is 144. The molecule has 3 nitrogen and oxygen atoms in total. The van der Waals surface area contributed by atoms with Crippen molar-refractivity contribution < 1.29 is 31.1 Å². The van der Waals surface area contributed by atoms with E-state index in [9.17, 15) is 4.57 Å². The molecule has 0 bridgehead atoms. The van der Waals surface area contributed by atoms with Crippen LogP contribution in [0.4, 0.5) is 0 Å². The Kier molecular flexibility index (Phi) is 4.53. The van der Waals surface area contributed by atoms with Crippen molar-refractivity contribution in [2.24, 2.45) is 0 Å². The second kappa shape index (κ2) is 2.77. The number of hydrogen-bond acceptors (Lipinski definition) is 1. The summed E-state index contributed by atoms with van der Waals surface area (Å²) in [5.74, 6) is 0. The van der Waals surface area contributed by atoms with Crippen LogP contribution in [0.15, 0.2) is 0 Å². The molecule has 0 aromatic carbocycles. The molecule has 0 saturated carbocycles. The Balaban J connectivity index is 0. The Morgan fingerprint density at radius 3 is 1.50 bits per heavy atom. The monoisotopic (exact) mass is 154 g/mol. The van der Waals surface area contributed by atoms with Crippen LogP contribution in [0, 0.1) is 6.66 Å². The SMILES string of the molecule is [CH2-]P(=O)(O)O.[Co]. The van der Waals surface area contributed by atoms with Gasteiger partial charge in [-0.1, -0.05) is 0 Å². The standard InChI is InChI=1S/CH4O3P.Co/c1-5(2,3)4;/h1H2,(H2,2,3,4);/q-1;. The van der Waals surface area contributed by atoms with Crippen LogP contribution in [-0.2, 0) is 21.3 Å². The zero-order valence-electron chi connectivity index (χ0n) is 2.79. The third-order valence-corrected chi connectivity index (χ3v) is 0. The van der Waals surface area contributed by atoms with E-state index in [4.69, 9.17) is 9.79 Å². The van der Waals surface area contributed by atoms with Crippen molar-refractivity contribution in [2.45, 2.75) is 0 Å². The fraction of sp³-hybridized carbons (Fsp3) is 0. The van der Waals surface area contributed by atoms with Crippen molar-refractivity contribution in [1.82, 2.24) is 0 Å². The topological polar surface area (TPSA) is 57.5 Å². The fourth-order valence-electron chi connectivity index (χ4n) is 0. The molecule has 0 spiro atoms. The summed E-state index contributed by atoms with van der Waals surface area (Å²) in [6, 6.07) is 0. The van der Waals surface area contributed by atoms with Crippen molar-refractivity contribution in [1.29, 1.82) is 0 Å².